The van der Waals surface area contributed by atoms with Gasteiger partial charge in [0.05, 0.1) is 5.39 Å². The molecule has 8 heteroatoms. The summed E-state index contributed by atoms with van der Waals surface area (Å²) in [6.45, 7) is 2.95. The number of rotatable bonds is 4. The first-order valence-corrected chi connectivity index (χ1v) is 6.37. The van der Waals surface area contributed by atoms with Crippen LogP contribution < -0.4 is 5.56 Å². The number of fused-ring (bicyclic) bond motifs is 1. The number of benzene rings is 1. The first kappa shape index (κ1) is 12.4. The molecule has 2 aromatic heterocycles. The second-order valence-electron chi connectivity index (χ2n) is 4.39. The van der Waals surface area contributed by atoms with Crippen LogP contribution in [0, 0.1) is 0 Å². The molecule has 8 nitrogen and oxygen atoms in total. The van der Waals surface area contributed by atoms with Crippen LogP contribution in [0.25, 0.3) is 10.9 Å². The molecule has 0 aliphatic rings. The largest absolute Gasteiger partial charge is 0.278 e. The summed E-state index contributed by atoms with van der Waals surface area (Å²) in [6.07, 6.45) is 0.913. The predicted molar refractivity (Wildman–Crippen MR) is 71.0 cm³/mol. The minimum absolute atomic E-state index is 0.193. The van der Waals surface area contributed by atoms with Gasteiger partial charge in [-0.2, -0.15) is 0 Å². The molecule has 0 amide bonds. The van der Waals surface area contributed by atoms with Gasteiger partial charge >= 0.3 is 0 Å². The smallest absolute Gasteiger partial charge is 0.267 e. The molecule has 1 aromatic carbocycles. The van der Waals surface area contributed by atoms with Crippen LogP contribution in [0.5, 0.6) is 0 Å². The van der Waals surface area contributed by atoms with Gasteiger partial charge in [0.15, 0.2) is 5.82 Å². The molecular formula is C12H13N7O. The number of aryl methyl sites for hydroxylation is 1. The minimum atomic E-state index is -0.193. The van der Waals surface area contributed by atoms with Gasteiger partial charge in [0.25, 0.3) is 5.56 Å². The molecule has 0 aliphatic carbocycles. The fraction of sp³-hybridized carbons (Fsp3) is 0.333. The summed E-state index contributed by atoms with van der Waals surface area (Å²) >= 11 is 0. The maximum atomic E-state index is 12.3. The predicted octanol–water partition coefficient (Wildman–Crippen LogP) is 0.236. The lowest BCUT2D eigenvalue weighted by atomic mass is 10.2. The van der Waals surface area contributed by atoms with E-state index in [1.165, 1.54) is 4.68 Å². The van der Waals surface area contributed by atoms with Crippen molar-refractivity contribution in [3.63, 3.8) is 0 Å². The van der Waals surface area contributed by atoms with Crippen LogP contribution in [0.1, 0.15) is 19.2 Å². The van der Waals surface area contributed by atoms with E-state index in [4.69, 9.17) is 0 Å². The van der Waals surface area contributed by atoms with E-state index in [0.717, 1.165) is 6.42 Å². The Morgan fingerprint density at radius 2 is 1.95 bits per heavy atom. The van der Waals surface area contributed by atoms with Crippen molar-refractivity contribution < 1.29 is 0 Å². The highest BCUT2D eigenvalue weighted by Gasteiger charge is 2.10. The summed E-state index contributed by atoms with van der Waals surface area (Å²) in [7, 11) is 0. The highest BCUT2D eigenvalue weighted by molar-refractivity contribution is 5.76. The maximum absolute atomic E-state index is 12.3. The Morgan fingerprint density at radius 1 is 1.10 bits per heavy atom. The van der Waals surface area contributed by atoms with Crippen LogP contribution in [0.3, 0.4) is 0 Å². The van der Waals surface area contributed by atoms with E-state index >= 15 is 0 Å². The molecule has 0 bridgehead atoms. The molecule has 0 unspecified atom stereocenters. The topological polar surface area (TPSA) is 91.4 Å². The van der Waals surface area contributed by atoms with E-state index in [9.17, 15) is 4.79 Å². The molecule has 3 rings (SSSR count). The third kappa shape index (κ3) is 2.15. The van der Waals surface area contributed by atoms with Crippen molar-refractivity contribution in [2.24, 2.45) is 0 Å². The highest BCUT2D eigenvalue weighted by atomic mass is 16.1. The van der Waals surface area contributed by atoms with Crippen LogP contribution in [-0.2, 0) is 13.1 Å². The molecular weight excluding hydrogens is 258 g/mol. The Balaban J connectivity index is 2.01. The SMILES string of the molecule is CCCn1nnnc1Cn1nnc2ccccc2c1=O. The van der Waals surface area contributed by atoms with E-state index in [1.54, 1.807) is 22.9 Å². The van der Waals surface area contributed by atoms with E-state index in [1.807, 2.05) is 13.0 Å². The summed E-state index contributed by atoms with van der Waals surface area (Å²) < 4.78 is 2.95. The third-order valence-corrected chi connectivity index (χ3v) is 2.96. The first-order valence-electron chi connectivity index (χ1n) is 6.37. The molecule has 0 fully saturated rings. The Labute approximate surface area is 114 Å². The molecule has 0 radical (unpaired) electrons. The van der Waals surface area contributed by atoms with Gasteiger partial charge in [-0.1, -0.05) is 24.3 Å². The van der Waals surface area contributed by atoms with Gasteiger partial charge in [0.2, 0.25) is 0 Å². The second-order valence-corrected chi connectivity index (χ2v) is 4.39. The Bertz CT molecular complexity index is 792. The minimum Gasteiger partial charge on any atom is -0.267 e. The van der Waals surface area contributed by atoms with Gasteiger partial charge < -0.3 is 0 Å². The molecule has 0 aliphatic heterocycles. The highest BCUT2D eigenvalue weighted by Crippen LogP contribution is 2.04. The Kier molecular flexibility index (Phi) is 3.20. The van der Waals surface area contributed by atoms with Gasteiger partial charge in [-0.25, -0.2) is 9.36 Å². The van der Waals surface area contributed by atoms with Crippen molar-refractivity contribution >= 4 is 10.9 Å². The Hall–Kier alpha value is -2.64. The van der Waals surface area contributed by atoms with Gasteiger partial charge in [-0.3, -0.25) is 4.79 Å². The fourth-order valence-electron chi connectivity index (χ4n) is 1.98. The molecule has 102 valence electrons. The van der Waals surface area contributed by atoms with Crippen molar-refractivity contribution in [2.75, 3.05) is 0 Å². The summed E-state index contributed by atoms with van der Waals surface area (Å²) in [4.78, 5) is 12.3. The summed E-state index contributed by atoms with van der Waals surface area (Å²) in [6, 6.07) is 7.12. The number of nitrogens with zero attached hydrogens (tertiary/aromatic N) is 7. The lowest BCUT2D eigenvalue weighted by molar-refractivity contribution is 0.513. The van der Waals surface area contributed by atoms with Crippen molar-refractivity contribution in [2.45, 2.75) is 26.4 Å². The number of aromatic nitrogens is 7. The van der Waals surface area contributed by atoms with Crippen molar-refractivity contribution in [3.05, 3.63) is 40.4 Å². The lowest BCUT2D eigenvalue weighted by Crippen LogP contribution is -2.26. The van der Waals surface area contributed by atoms with Gasteiger partial charge in [-0.05, 0) is 29.0 Å². The number of hydrogen-bond acceptors (Lipinski definition) is 6. The van der Waals surface area contributed by atoms with Crippen LogP contribution in [-0.4, -0.2) is 35.2 Å². The monoisotopic (exact) mass is 271 g/mol. The van der Waals surface area contributed by atoms with Crippen molar-refractivity contribution in [1.82, 2.24) is 35.2 Å². The number of tetrazole rings is 1. The zero-order valence-corrected chi connectivity index (χ0v) is 11.0. The molecule has 0 atom stereocenters. The van der Waals surface area contributed by atoms with Crippen LogP contribution in [0.15, 0.2) is 29.1 Å². The van der Waals surface area contributed by atoms with Crippen molar-refractivity contribution in [1.29, 1.82) is 0 Å². The first-order chi connectivity index (χ1) is 9.79. The lowest BCUT2D eigenvalue weighted by Gasteiger charge is -2.05. The standard InChI is InChI=1S/C12H13N7O/c1-2-7-18-11(14-15-17-18)8-19-12(20)9-5-3-4-6-10(9)13-16-19/h3-6H,2,7-8H2,1H3. The van der Waals surface area contributed by atoms with Crippen molar-refractivity contribution in [3.8, 4) is 0 Å². The molecule has 0 saturated carbocycles. The average molecular weight is 271 g/mol. The molecule has 2 heterocycles. The van der Waals surface area contributed by atoms with Crippen LogP contribution in [0.4, 0.5) is 0 Å². The van der Waals surface area contributed by atoms with Crippen LogP contribution >= 0.6 is 0 Å². The normalized spacial score (nSPS) is 11.1. The van der Waals surface area contributed by atoms with Gasteiger partial charge in [0.1, 0.15) is 12.1 Å². The quantitative estimate of drug-likeness (QED) is 0.675. The zero-order valence-electron chi connectivity index (χ0n) is 11.0. The molecule has 0 spiro atoms. The summed E-state index contributed by atoms with van der Waals surface area (Å²) in [5.41, 5.74) is 0.392. The van der Waals surface area contributed by atoms with Gasteiger partial charge in [-0.15, -0.1) is 10.2 Å². The molecule has 0 N–H and O–H groups in total. The molecule has 0 saturated heterocycles. The zero-order chi connectivity index (χ0) is 13.9. The average Bonchev–Trinajstić information content (AvgIpc) is 2.90. The van der Waals surface area contributed by atoms with E-state index in [2.05, 4.69) is 25.8 Å². The summed E-state index contributed by atoms with van der Waals surface area (Å²) in [5, 5.41) is 19.9. The second kappa shape index (κ2) is 5.16. The molecule has 3 aromatic rings. The summed E-state index contributed by atoms with van der Waals surface area (Å²) in [5.74, 6) is 0.596. The Morgan fingerprint density at radius 3 is 2.80 bits per heavy atom. The van der Waals surface area contributed by atoms with Gasteiger partial charge in [0, 0.05) is 6.54 Å². The van der Waals surface area contributed by atoms with E-state index < -0.39 is 0 Å². The van der Waals surface area contributed by atoms with Crippen LogP contribution in [0.2, 0.25) is 0 Å². The third-order valence-electron chi connectivity index (χ3n) is 2.96. The fourth-order valence-corrected chi connectivity index (χ4v) is 1.98. The van der Waals surface area contributed by atoms with E-state index in [0.29, 0.717) is 23.3 Å². The van der Waals surface area contributed by atoms with E-state index in [-0.39, 0.29) is 12.1 Å². The maximum Gasteiger partial charge on any atom is 0.278 e. The molecule has 20 heavy (non-hydrogen) atoms. The number of hydrogen-bond donors (Lipinski definition) is 0.